The van der Waals surface area contributed by atoms with Gasteiger partial charge < -0.3 is 19.9 Å². The van der Waals surface area contributed by atoms with Crippen molar-refractivity contribution >= 4 is 23.5 Å². The smallest absolute Gasteiger partial charge is 0.194 e. The first kappa shape index (κ1) is 19.3. The highest BCUT2D eigenvalue weighted by atomic mass is 32.2. The van der Waals surface area contributed by atoms with Gasteiger partial charge in [-0.3, -0.25) is 4.99 Å². The van der Waals surface area contributed by atoms with Gasteiger partial charge in [-0.1, -0.05) is 6.07 Å². The van der Waals surface area contributed by atoms with Crippen molar-refractivity contribution in [2.24, 2.45) is 4.99 Å². The highest BCUT2D eigenvalue weighted by Gasteiger charge is 2.32. The van der Waals surface area contributed by atoms with E-state index in [9.17, 15) is 0 Å². The normalized spacial score (nSPS) is 20.9. The molecular weight excluding hydrogens is 346 g/mol. The molecule has 7 heteroatoms. The molecule has 1 aromatic heterocycles. The van der Waals surface area contributed by atoms with Crippen LogP contribution in [0.15, 0.2) is 29.4 Å². The fourth-order valence-corrected chi connectivity index (χ4v) is 4.27. The predicted octanol–water partition coefficient (Wildman–Crippen LogP) is 2.08. The van der Waals surface area contributed by atoms with E-state index in [1.165, 1.54) is 0 Å². The molecular formula is C19H31N5OS. The molecule has 144 valence electrons. The molecule has 0 bridgehead atoms. The van der Waals surface area contributed by atoms with Gasteiger partial charge in [-0.05, 0) is 38.2 Å². The molecule has 2 fully saturated rings. The Kier molecular flexibility index (Phi) is 7.02. The molecule has 0 saturated carbocycles. The van der Waals surface area contributed by atoms with Crippen molar-refractivity contribution in [3.8, 4) is 0 Å². The molecule has 3 rings (SSSR count). The number of nitrogens with zero attached hydrogens (tertiary/aromatic N) is 4. The van der Waals surface area contributed by atoms with Crippen molar-refractivity contribution in [2.75, 3.05) is 63.6 Å². The average molecular weight is 378 g/mol. The molecule has 2 aliphatic heterocycles. The van der Waals surface area contributed by atoms with Crippen molar-refractivity contribution in [2.45, 2.75) is 24.5 Å². The molecule has 0 aliphatic carbocycles. The molecule has 2 saturated heterocycles. The maximum atomic E-state index is 5.55. The highest BCUT2D eigenvalue weighted by molar-refractivity contribution is 8.00. The monoisotopic (exact) mass is 377 g/mol. The number of guanidine groups is 1. The van der Waals surface area contributed by atoms with Crippen molar-refractivity contribution < 1.29 is 4.74 Å². The summed E-state index contributed by atoms with van der Waals surface area (Å²) in [6, 6.07) is 6.10. The standard InChI is InChI=1S/C19H31N5OS/c1-3-20-18(22-16-19(26-2)7-14-25-15-8-19)24-12-10-23(11-13-24)17-6-4-5-9-21-17/h4-6,9H,3,7-8,10-16H2,1-2H3,(H,20,22). The number of hydrogen-bond donors (Lipinski definition) is 1. The molecule has 1 aromatic rings. The van der Waals surface area contributed by atoms with E-state index in [0.717, 1.165) is 77.1 Å². The van der Waals surface area contributed by atoms with Gasteiger partial charge in [-0.2, -0.15) is 11.8 Å². The van der Waals surface area contributed by atoms with Crippen LogP contribution in [0.1, 0.15) is 19.8 Å². The van der Waals surface area contributed by atoms with Gasteiger partial charge in [0.05, 0.1) is 6.54 Å². The minimum Gasteiger partial charge on any atom is -0.381 e. The SMILES string of the molecule is CCNC(=NCC1(SC)CCOCC1)N1CCN(c2ccccn2)CC1. The topological polar surface area (TPSA) is 53.0 Å². The number of ether oxygens (including phenoxy) is 1. The minimum atomic E-state index is 0.231. The number of piperazine rings is 1. The zero-order valence-electron chi connectivity index (χ0n) is 16.0. The van der Waals surface area contributed by atoms with Gasteiger partial charge in [0.15, 0.2) is 5.96 Å². The Morgan fingerprint density at radius 2 is 2.04 bits per heavy atom. The molecule has 3 heterocycles. The van der Waals surface area contributed by atoms with Crippen LogP contribution >= 0.6 is 11.8 Å². The Morgan fingerprint density at radius 1 is 1.27 bits per heavy atom. The fraction of sp³-hybridized carbons (Fsp3) is 0.684. The van der Waals surface area contributed by atoms with Gasteiger partial charge in [0.2, 0.25) is 0 Å². The molecule has 0 radical (unpaired) electrons. The third kappa shape index (κ3) is 4.82. The summed E-state index contributed by atoms with van der Waals surface area (Å²) in [5, 5.41) is 3.49. The fourth-order valence-electron chi connectivity index (χ4n) is 3.50. The zero-order valence-corrected chi connectivity index (χ0v) is 16.8. The van der Waals surface area contributed by atoms with Gasteiger partial charge in [0, 0.05) is 56.9 Å². The number of anilines is 1. The maximum Gasteiger partial charge on any atom is 0.194 e. The summed E-state index contributed by atoms with van der Waals surface area (Å²) < 4.78 is 5.78. The molecule has 1 N–H and O–H groups in total. The lowest BCUT2D eigenvalue weighted by Crippen LogP contribution is -2.53. The maximum absolute atomic E-state index is 5.55. The molecule has 26 heavy (non-hydrogen) atoms. The number of aromatic nitrogens is 1. The lowest BCUT2D eigenvalue weighted by Gasteiger charge is -2.38. The molecule has 0 unspecified atom stereocenters. The number of hydrogen-bond acceptors (Lipinski definition) is 5. The average Bonchev–Trinajstić information content (AvgIpc) is 2.72. The largest absolute Gasteiger partial charge is 0.381 e. The van der Waals surface area contributed by atoms with Crippen LogP contribution in [0.5, 0.6) is 0 Å². The first-order valence-corrected chi connectivity index (χ1v) is 10.8. The van der Waals surface area contributed by atoms with E-state index in [4.69, 9.17) is 9.73 Å². The first-order chi connectivity index (χ1) is 12.8. The number of nitrogens with one attached hydrogen (secondary N) is 1. The molecule has 0 aromatic carbocycles. The summed E-state index contributed by atoms with van der Waals surface area (Å²) in [7, 11) is 0. The van der Waals surface area contributed by atoms with Crippen LogP contribution in [0, 0.1) is 0 Å². The van der Waals surface area contributed by atoms with Crippen LogP contribution in [0.4, 0.5) is 5.82 Å². The van der Waals surface area contributed by atoms with E-state index >= 15 is 0 Å². The van der Waals surface area contributed by atoms with E-state index in [1.54, 1.807) is 0 Å². The number of thioether (sulfide) groups is 1. The lowest BCUT2D eigenvalue weighted by atomic mass is 9.99. The molecule has 0 amide bonds. The third-order valence-electron chi connectivity index (χ3n) is 5.24. The van der Waals surface area contributed by atoms with Crippen LogP contribution in [0.25, 0.3) is 0 Å². The molecule has 0 spiro atoms. The highest BCUT2D eigenvalue weighted by Crippen LogP contribution is 2.34. The van der Waals surface area contributed by atoms with Crippen molar-refractivity contribution in [1.29, 1.82) is 0 Å². The van der Waals surface area contributed by atoms with Crippen molar-refractivity contribution in [1.82, 2.24) is 15.2 Å². The van der Waals surface area contributed by atoms with E-state index in [0.29, 0.717) is 0 Å². The zero-order chi connectivity index (χ0) is 18.2. The van der Waals surface area contributed by atoms with Crippen molar-refractivity contribution in [3.63, 3.8) is 0 Å². The third-order valence-corrected chi connectivity index (χ3v) is 6.64. The second kappa shape index (κ2) is 9.46. The minimum absolute atomic E-state index is 0.231. The van der Waals surface area contributed by atoms with Gasteiger partial charge >= 0.3 is 0 Å². The van der Waals surface area contributed by atoms with E-state index < -0.39 is 0 Å². The molecule has 6 nitrogen and oxygen atoms in total. The van der Waals surface area contributed by atoms with Crippen LogP contribution in [-0.2, 0) is 4.74 Å². The Bertz CT molecular complexity index is 569. The van der Waals surface area contributed by atoms with E-state index in [-0.39, 0.29) is 4.75 Å². The predicted molar refractivity (Wildman–Crippen MR) is 110 cm³/mol. The van der Waals surface area contributed by atoms with Gasteiger partial charge in [0.1, 0.15) is 5.82 Å². The number of pyridine rings is 1. The Balaban J connectivity index is 1.61. The quantitative estimate of drug-likeness (QED) is 0.626. The summed E-state index contributed by atoms with van der Waals surface area (Å²) in [5.41, 5.74) is 0. The molecule has 2 aliphatic rings. The van der Waals surface area contributed by atoms with Gasteiger partial charge in [-0.15, -0.1) is 0 Å². The van der Waals surface area contributed by atoms with Gasteiger partial charge in [-0.25, -0.2) is 4.98 Å². The van der Waals surface area contributed by atoms with Crippen LogP contribution in [0.2, 0.25) is 0 Å². The summed E-state index contributed by atoms with van der Waals surface area (Å²) in [6.07, 6.45) is 6.25. The Labute approximate surface area is 161 Å². The van der Waals surface area contributed by atoms with Crippen LogP contribution in [-0.4, -0.2) is 79.3 Å². The van der Waals surface area contributed by atoms with Gasteiger partial charge in [0.25, 0.3) is 0 Å². The lowest BCUT2D eigenvalue weighted by molar-refractivity contribution is 0.0793. The van der Waals surface area contributed by atoms with E-state index in [2.05, 4.69) is 45.4 Å². The Hall–Kier alpha value is -1.47. The van der Waals surface area contributed by atoms with Crippen LogP contribution < -0.4 is 10.2 Å². The summed E-state index contributed by atoms with van der Waals surface area (Å²) in [4.78, 5) is 14.2. The van der Waals surface area contributed by atoms with Crippen molar-refractivity contribution in [3.05, 3.63) is 24.4 Å². The second-order valence-corrected chi connectivity index (χ2v) is 8.11. The second-order valence-electron chi connectivity index (χ2n) is 6.83. The summed E-state index contributed by atoms with van der Waals surface area (Å²) in [6.45, 7) is 9.50. The number of rotatable bonds is 5. The summed E-state index contributed by atoms with van der Waals surface area (Å²) >= 11 is 1.95. The van der Waals surface area contributed by atoms with E-state index in [1.807, 2.05) is 24.0 Å². The molecule has 0 atom stereocenters. The first-order valence-electron chi connectivity index (χ1n) is 9.58. The Morgan fingerprint density at radius 3 is 2.65 bits per heavy atom. The summed E-state index contributed by atoms with van der Waals surface area (Å²) in [5.74, 6) is 2.12. The van der Waals surface area contributed by atoms with Crippen LogP contribution in [0.3, 0.4) is 0 Å². The number of aliphatic imine (C=N–C) groups is 1.